The summed E-state index contributed by atoms with van der Waals surface area (Å²) in [6.07, 6.45) is 2.86. The number of carbonyl (C=O) groups is 1. The highest BCUT2D eigenvalue weighted by atomic mass is 32.2. The maximum Gasteiger partial charge on any atom is 0.350 e. The van der Waals surface area contributed by atoms with Crippen molar-refractivity contribution < 1.29 is 22.0 Å². The van der Waals surface area contributed by atoms with Crippen LogP contribution in [-0.2, 0) is 14.8 Å². The Balaban J connectivity index is 1.72. The minimum Gasteiger partial charge on any atom is -0.356 e. The molecule has 0 aliphatic carbocycles. The third kappa shape index (κ3) is 4.36. The van der Waals surface area contributed by atoms with Crippen LogP contribution in [0.4, 0.5) is 8.78 Å². The lowest BCUT2D eigenvalue weighted by atomic mass is 9.96. The highest BCUT2D eigenvalue weighted by Gasteiger charge is 2.34. The molecule has 2 aliphatic heterocycles. The maximum atomic E-state index is 12.5. The van der Waals surface area contributed by atoms with Gasteiger partial charge in [-0.2, -0.15) is 13.1 Å². The number of amides is 1. The minimum absolute atomic E-state index is 0.00643. The van der Waals surface area contributed by atoms with Crippen molar-refractivity contribution in [1.82, 2.24) is 14.9 Å². The average Bonchev–Trinajstić information content (AvgIpc) is 2.53. The van der Waals surface area contributed by atoms with Gasteiger partial charge in [-0.25, -0.2) is 8.42 Å². The fourth-order valence-electron chi connectivity index (χ4n) is 2.95. The molecule has 6 nitrogen and oxygen atoms in total. The zero-order valence-electron chi connectivity index (χ0n) is 12.4. The van der Waals surface area contributed by atoms with Crippen molar-refractivity contribution >= 4 is 15.9 Å². The third-order valence-corrected chi connectivity index (χ3v) is 5.93. The predicted octanol–water partition coefficient (Wildman–Crippen LogP) is 0.367. The van der Waals surface area contributed by atoms with Crippen LogP contribution in [-0.4, -0.2) is 57.1 Å². The number of nitrogens with one attached hydrogen (secondary N) is 2. The Bertz CT molecular complexity index is 473. The largest absolute Gasteiger partial charge is 0.356 e. The van der Waals surface area contributed by atoms with E-state index in [4.69, 9.17) is 0 Å². The molecule has 22 heavy (non-hydrogen) atoms. The van der Waals surface area contributed by atoms with Gasteiger partial charge in [-0.1, -0.05) is 0 Å². The summed E-state index contributed by atoms with van der Waals surface area (Å²) >= 11 is 0. The molecule has 0 saturated carbocycles. The second-order valence-corrected chi connectivity index (χ2v) is 7.84. The molecular weight excluding hydrogens is 316 g/mol. The number of halogens is 2. The monoisotopic (exact) mass is 339 g/mol. The molecule has 0 aromatic carbocycles. The van der Waals surface area contributed by atoms with Gasteiger partial charge in [0.2, 0.25) is 5.91 Å². The maximum absolute atomic E-state index is 12.5. The second-order valence-electron chi connectivity index (χ2n) is 5.94. The number of carbonyl (C=O) groups excluding carboxylic acids is 1. The topological polar surface area (TPSA) is 78.5 Å². The predicted molar refractivity (Wildman–Crippen MR) is 77.8 cm³/mol. The number of nitrogens with zero attached hydrogens (tertiary/aromatic N) is 1. The Hall–Kier alpha value is -0.800. The fraction of sp³-hybridized carbons (Fsp3) is 0.923. The molecule has 2 heterocycles. The lowest BCUT2D eigenvalue weighted by Gasteiger charge is -2.31. The van der Waals surface area contributed by atoms with Crippen LogP contribution in [0.15, 0.2) is 0 Å². The van der Waals surface area contributed by atoms with Crippen LogP contribution in [0.1, 0.15) is 25.7 Å². The van der Waals surface area contributed by atoms with Gasteiger partial charge in [-0.05, 0) is 38.1 Å². The molecule has 0 aromatic rings. The van der Waals surface area contributed by atoms with Crippen molar-refractivity contribution in [3.63, 3.8) is 0 Å². The Kier molecular flexibility index (Phi) is 6.10. The van der Waals surface area contributed by atoms with E-state index in [9.17, 15) is 22.0 Å². The first-order valence-electron chi connectivity index (χ1n) is 7.67. The quantitative estimate of drug-likeness (QED) is 0.758. The molecule has 128 valence electrons. The summed E-state index contributed by atoms with van der Waals surface area (Å²) in [6, 6.07) is 0. The van der Waals surface area contributed by atoms with E-state index >= 15 is 0 Å². The molecule has 2 N–H and O–H groups in total. The Morgan fingerprint density at radius 1 is 1.27 bits per heavy atom. The molecule has 0 aromatic heterocycles. The number of hydrogen-bond acceptors (Lipinski definition) is 4. The number of rotatable bonds is 5. The summed E-state index contributed by atoms with van der Waals surface area (Å²) in [6.45, 7) is 2.31. The molecule has 0 bridgehead atoms. The molecule has 1 atom stereocenters. The van der Waals surface area contributed by atoms with Crippen molar-refractivity contribution in [2.45, 2.75) is 31.4 Å². The van der Waals surface area contributed by atoms with E-state index in [0.29, 0.717) is 25.9 Å². The van der Waals surface area contributed by atoms with Crippen LogP contribution in [0.2, 0.25) is 0 Å². The van der Waals surface area contributed by atoms with E-state index < -0.39 is 15.8 Å². The molecular formula is C13H23F2N3O3S. The van der Waals surface area contributed by atoms with Crippen LogP contribution >= 0.6 is 0 Å². The van der Waals surface area contributed by atoms with Gasteiger partial charge in [-0.15, -0.1) is 0 Å². The summed E-state index contributed by atoms with van der Waals surface area (Å²) in [5.41, 5.74) is 0. The summed E-state index contributed by atoms with van der Waals surface area (Å²) in [4.78, 5) is 12.0. The van der Waals surface area contributed by atoms with Crippen molar-refractivity contribution in [3.05, 3.63) is 0 Å². The third-order valence-electron chi connectivity index (χ3n) is 4.39. The van der Waals surface area contributed by atoms with Gasteiger partial charge < -0.3 is 10.6 Å². The van der Waals surface area contributed by atoms with E-state index in [2.05, 4.69) is 10.6 Å². The zero-order valence-corrected chi connectivity index (χ0v) is 13.2. The van der Waals surface area contributed by atoms with E-state index in [-0.39, 0.29) is 30.8 Å². The average molecular weight is 339 g/mol. The lowest BCUT2D eigenvalue weighted by molar-refractivity contribution is -0.125. The van der Waals surface area contributed by atoms with Crippen molar-refractivity contribution in [2.75, 3.05) is 32.7 Å². The van der Waals surface area contributed by atoms with Gasteiger partial charge in [0.15, 0.2) is 0 Å². The molecule has 2 fully saturated rings. The van der Waals surface area contributed by atoms with Crippen LogP contribution in [0.3, 0.4) is 0 Å². The molecule has 0 spiro atoms. The standard InChI is InChI=1S/C13H23F2N3O3S/c14-13(15)22(20,21)18-6-3-10(4-7-18)8-17-12(19)11-2-1-5-16-9-11/h10-11,13,16H,1-9H2,(H,17,19). The van der Waals surface area contributed by atoms with Gasteiger partial charge in [0.05, 0.1) is 5.92 Å². The molecule has 9 heteroatoms. The van der Waals surface area contributed by atoms with Gasteiger partial charge in [0.1, 0.15) is 0 Å². The van der Waals surface area contributed by atoms with Gasteiger partial charge in [0.25, 0.3) is 10.0 Å². The van der Waals surface area contributed by atoms with Crippen LogP contribution in [0.25, 0.3) is 0 Å². The van der Waals surface area contributed by atoms with Crippen molar-refractivity contribution in [1.29, 1.82) is 0 Å². The second kappa shape index (κ2) is 7.65. The first-order chi connectivity index (χ1) is 10.4. The van der Waals surface area contributed by atoms with E-state index in [1.165, 1.54) is 0 Å². The molecule has 0 radical (unpaired) electrons. The number of alkyl halides is 2. The van der Waals surface area contributed by atoms with E-state index in [0.717, 1.165) is 23.7 Å². The van der Waals surface area contributed by atoms with Gasteiger partial charge in [-0.3, -0.25) is 4.79 Å². The molecule has 2 saturated heterocycles. The number of hydrogen-bond donors (Lipinski definition) is 2. The SMILES string of the molecule is O=C(NCC1CCN(S(=O)(=O)C(F)F)CC1)C1CCCNC1. The molecule has 1 unspecified atom stereocenters. The highest BCUT2D eigenvalue weighted by Crippen LogP contribution is 2.22. The first-order valence-corrected chi connectivity index (χ1v) is 9.17. The number of piperidine rings is 2. The summed E-state index contributed by atoms with van der Waals surface area (Å²) in [5, 5.41) is 6.08. The van der Waals surface area contributed by atoms with Gasteiger partial charge >= 0.3 is 5.76 Å². The van der Waals surface area contributed by atoms with E-state index in [1.807, 2.05) is 0 Å². The summed E-state index contributed by atoms with van der Waals surface area (Å²) in [7, 11) is -4.47. The highest BCUT2D eigenvalue weighted by molar-refractivity contribution is 7.89. The zero-order chi connectivity index (χ0) is 16.2. The smallest absolute Gasteiger partial charge is 0.350 e. The minimum atomic E-state index is -4.47. The van der Waals surface area contributed by atoms with Crippen LogP contribution < -0.4 is 10.6 Å². The van der Waals surface area contributed by atoms with Crippen LogP contribution in [0, 0.1) is 11.8 Å². The fourth-order valence-corrected chi connectivity index (χ4v) is 3.89. The number of sulfonamides is 1. The lowest BCUT2D eigenvalue weighted by Crippen LogP contribution is -2.45. The van der Waals surface area contributed by atoms with Crippen molar-refractivity contribution in [2.24, 2.45) is 11.8 Å². The molecule has 1 amide bonds. The van der Waals surface area contributed by atoms with E-state index in [1.54, 1.807) is 0 Å². The normalized spacial score (nSPS) is 25.3. The summed E-state index contributed by atoms with van der Waals surface area (Å²) < 4.78 is 48.5. The molecule has 2 rings (SSSR count). The first kappa shape index (κ1) is 17.6. The Morgan fingerprint density at radius 3 is 2.50 bits per heavy atom. The van der Waals surface area contributed by atoms with Gasteiger partial charge in [0, 0.05) is 26.2 Å². The molecule has 2 aliphatic rings. The Labute approximate surface area is 129 Å². The summed E-state index contributed by atoms with van der Waals surface area (Å²) in [5.74, 6) is -3.20. The Morgan fingerprint density at radius 2 is 1.95 bits per heavy atom. The van der Waals surface area contributed by atoms with Crippen LogP contribution in [0.5, 0.6) is 0 Å². The van der Waals surface area contributed by atoms with Crippen molar-refractivity contribution in [3.8, 4) is 0 Å².